The van der Waals surface area contributed by atoms with Crippen molar-refractivity contribution in [2.75, 3.05) is 0 Å². The van der Waals surface area contributed by atoms with Crippen LogP contribution in [-0.4, -0.2) is 26.3 Å². The third kappa shape index (κ3) is 3.42. The highest BCUT2D eigenvalue weighted by Crippen LogP contribution is 2.34. The van der Waals surface area contributed by atoms with Crippen LogP contribution in [0.15, 0.2) is 30.6 Å². The first-order valence-electron chi connectivity index (χ1n) is 6.92. The molecule has 5 nitrogen and oxygen atoms in total. The monoisotopic (exact) mass is 307 g/mol. The minimum absolute atomic E-state index is 0.257. The molecule has 21 heavy (non-hydrogen) atoms. The Balaban J connectivity index is 2.43. The number of rotatable bonds is 7. The van der Waals surface area contributed by atoms with Gasteiger partial charge in [-0.1, -0.05) is 43.5 Å². The predicted molar refractivity (Wildman–Crippen MR) is 80.4 cm³/mol. The van der Waals surface area contributed by atoms with Crippen molar-refractivity contribution in [3.05, 3.63) is 47.0 Å². The zero-order valence-corrected chi connectivity index (χ0v) is 12.6. The van der Waals surface area contributed by atoms with Crippen molar-refractivity contribution in [3.63, 3.8) is 0 Å². The van der Waals surface area contributed by atoms with Crippen LogP contribution in [0, 0.1) is 0 Å². The molecule has 112 valence electrons. The van der Waals surface area contributed by atoms with E-state index in [0.717, 1.165) is 18.4 Å². The van der Waals surface area contributed by atoms with Gasteiger partial charge in [0.1, 0.15) is 6.33 Å². The number of nitrogens with zero attached hydrogens (tertiary/aromatic N) is 2. The first kappa shape index (κ1) is 15.5. The lowest BCUT2D eigenvalue weighted by atomic mass is 9.73. The van der Waals surface area contributed by atoms with Crippen molar-refractivity contribution in [1.82, 2.24) is 15.2 Å². The summed E-state index contributed by atoms with van der Waals surface area (Å²) in [6.07, 6.45) is 4.00. The van der Waals surface area contributed by atoms with Crippen molar-refractivity contribution in [2.45, 2.75) is 38.0 Å². The molecule has 1 unspecified atom stereocenters. The average Bonchev–Trinajstić information content (AvgIpc) is 2.97. The van der Waals surface area contributed by atoms with Crippen molar-refractivity contribution in [1.29, 1.82) is 0 Å². The fourth-order valence-electron chi connectivity index (χ4n) is 2.48. The first-order chi connectivity index (χ1) is 10.1. The van der Waals surface area contributed by atoms with Gasteiger partial charge in [0.25, 0.3) is 0 Å². The number of aromatic amines is 1. The molecule has 0 bridgehead atoms. The zero-order valence-electron chi connectivity index (χ0n) is 11.8. The molecule has 6 heteroatoms. The Bertz CT molecular complexity index is 583. The number of carboxylic acids is 1. The number of halogens is 1. The molecule has 0 aliphatic heterocycles. The number of nitrogens with one attached hydrogen (secondary N) is 1. The van der Waals surface area contributed by atoms with Crippen molar-refractivity contribution in [2.24, 2.45) is 0 Å². The van der Waals surface area contributed by atoms with E-state index in [0.29, 0.717) is 17.3 Å². The fourth-order valence-corrected chi connectivity index (χ4v) is 2.60. The number of unbranched alkanes of at least 4 members (excludes halogenated alkanes) is 1. The molecule has 1 aromatic carbocycles. The van der Waals surface area contributed by atoms with Gasteiger partial charge in [-0.2, -0.15) is 5.10 Å². The van der Waals surface area contributed by atoms with E-state index in [2.05, 4.69) is 15.2 Å². The van der Waals surface area contributed by atoms with E-state index in [-0.39, 0.29) is 6.42 Å². The van der Waals surface area contributed by atoms with Crippen molar-refractivity contribution in [3.8, 4) is 0 Å². The molecule has 0 fully saturated rings. The van der Waals surface area contributed by atoms with Crippen LogP contribution in [-0.2, 0) is 16.6 Å². The van der Waals surface area contributed by atoms with Crippen LogP contribution in [0.1, 0.15) is 37.6 Å². The highest BCUT2D eigenvalue weighted by Gasteiger charge is 2.41. The molecule has 1 heterocycles. The second-order valence-corrected chi connectivity index (χ2v) is 5.53. The van der Waals surface area contributed by atoms with E-state index in [9.17, 15) is 9.90 Å². The van der Waals surface area contributed by atoms with Gasteiger partial charge in [0, 0.05) is 11.4 Å². The van der Waals surface area contributed by atoms with Gasteiger partial charge < -0.3 is 5.11 Å². The number of aliphatic carboxylic acids is 1. The molecule has 0 spiro atoms. The predicted octanol–water partition coefficient (Wildman–Crippen LogP) is 3.21. The summed E-state index contributed by atoms with van der Waals surface area (Å²) in [4.78, 5) is 16.1. The Hall–Kier alpha value is -1.88. The molecule has 0 amide bonds. The highest BCUT2D eigenvalue weighted by molar-refractivity contribution is 6.30. The summed E-state index contributed by atoms with van der Waals surface area (Å²) in [5.41, 5.74) is -0.291. The second kappa shape index (κ2) is 6.72. The number of H-pyrrole nitrogens is 1. The van der Waals surface area contributed by atoms with Crippen LogP contribution in [0.4, 0.5) is 0 Å². The van der Waals surface area contributed by atoms with E-state index in [1.807, 2.05) is 6.92 Å². The van der Waals surface area contributed by atoms with Gasteiger partial charge >= 0.3 is 5.97 Å². The van der Waals surface area contributed by atoms with Crippen LogP contribution >= 0.6 is 11.6 Å². The maximum atomic E-state index is 12.0. The Labute approximate surface area is 128 Å². The summed E-state index contributed by atoms with van der Waals surface area (Å²) in [6.45, 7) is 2.04. The first-order valence-corrected chi connectivity index (χ1v) is 7.30. The molecule has 0 radical (unpaired) electrons. The number of carbonyl (C=O) groups is 1. The Morgan fingerprint density at radius 3 is 2.62 bits per heavy atom. The van der Waals surface area contributed by atoms with Gasteiger partial charge in [0.15, 0.2) is 5.82 Å². The fraction of sp³-hybridized carbons (Fsp3) is 0.400. The molecule has 1 atom stereocenters. The molecule has 2 aromatic rings. The largest absolute Gasteiger partial charge is 0.481 e. The molecular formula is C15H18ClN3O2. The van der Waals surface area contributed by atoms with Gasteiger partial charge in [-0.25, -0.2) is 4.98 Å². The van der Waals surface area contributed by atoms with Crippen LogP contribution in [0.2, 0.25) is 5.02 Å². The van der Waals surface area contributed by atoms with Gasteiger partial charge in [0.05, 0.1) is 5.41 Å². The molecule has 0 aliphatic rings. The minimum atomic E-state index is -1.03. The molecule has 0 aliphatic carbocycles. The summed E-state index contributed by atoms with van der Waals surface area (Å²) in [5, 5.41) is 17.1. The number of aromatic nitrogens is 3. The normalized spacial score (nSPS) is 13.8. The molecule has 0 saturated carbocycles. The average molecular weight is 308 g/mol. The Morgan fingerprint density at radius 2 is 2.10 bits per heavy atom. The lowest BCUT2D eigenvalue weighted by molar-refractivity contribution is -0.144. The Kier molecular flexibility index (Phi) is 4.96. The minimum Gasteiger partial charge on any atom is -0.481 e. The number of hydrogen-bond donors (Lipinski definition) is 2. The lowest BCUT2D eigenvalue weighted by Crippen LogP contribution is -2.38. The van der Waals surface area contributed by atoms with Gasteiger partial charge in [-0.05, 0) is 24.1 Å². The van der Waals surface area contributed by atoms with E-state index in [1.54, 1.807) is 24.3 Å². The summed E-state index contributed by atoms with van der Waals surface area (Å²) >= 11 is 5.91. The lowest BCUT2D eigenvalue weighted by Gasteiger charge is -2.29. The molecule has 2 rings (SSSR count). The standard InChI is InChI=1S/C15H18ClN3O2/c1-2-3-8-15(14(20)21,9-13-17-10-18-19-13)11-4-6-12(16)7-5-11/h4-7,10H,2-3,8-9H2,1H3,(H,20,21)(H,17,18,19). The maximum Gasteiger partial charge on any atom is 0.314 e. The smallest absolute Gasteiger partial charge is 0.314 e. The van der Waals surface area contributed by atoms with E-state index in [4.69, 9.17) is 11.6 Å². The molecule has 0 saturated heterocycles. The van der Waals surface area contributed by atoms with Crippen LogP contribution < -0.4 is 0 Å². The Morgan fingerprint density at radius 1 is 1.38 bits per heavy atom. The molecular weight excluding hydrogens is 290 g/mol. The zero-order chi connectivity index (χ0) is 15.3. The number of carboxylic acid groups (broad SMARTS) is 1. The summed E-state index contributed by atoms with van der Waals surface area (Å²) in [5.74, 6) is -0.355. The van der Waals surface area contributed by atoms with Crippen molar-refractivity contribution < 1.29 is 9.90 Å². The van der Waals surface area contributed by atoms with Crippen LogP contribution in [0.3, 0.4) is 0 Å². The highest BCUT2D eigenvalue weighted by atomic mass is 35.5. The van der Waals surface area contributed by atoms with Gasteiger partial charge in [-0.15, -0.1) is 0 Å². The third-order valence-electron chi connectivity index (χ3n) is 3.69. The number of hydrogen-bond acceptors (Lipinski definition) is 3. The topological polar surface area (TPSA) is 78.9 Å². The number of benzene rings is 1. The second-order valence-electron chi connectivity index (χ2n) is 5.09. The van der Waals surface area contributed by atoms with Gasteiger partial charge in [-0.3, -0.25) is 9.89 Å². The van der Waals surface area contributed by atoms with Crippen LogP contribution in [0.5, 0.6) is 0 Å². The summed E-state index contributed by atoms with van der Waals surface area (Å²) in [7, 11) is 0. The molecule has 2 N–H and O–H groups in total. The third-order valence-corrected chi connectivity index (χ3v) is 3.94. The van der Waals surface area contributed by atoms with Crippen LogP contribution in [0.25, 0.3) is 0 Å². The summed E-state index contributed by atoms with van der Waals surface area (Å²) in [6, 6.07) is 6.99. The van der Waals surface area contributed by atoms with Gasteiger partial charge in [0.2, 0.25) is 0 Å². The van der Waals surface area contributed by atoms with Crippen molar-refractivity contribution >= 4 is 17.6 Å². The van der Waals surface area contributed by atoms with E-state index in [1.165, 1.54) is 6.33 Å². The summed E-state index contributed by atoms with van der Waals surface area (Å²) < 4.78 is 0. The quantitative estimate of drug-likeness (QED) is 0.823. The van der Waals surface area contributed by atoms with E-state index >= 15 is 0 Å². The molecule has 1 aromatic heterocycles. The van der Waals surface area contributed by atoms with E-state index < -0.39 is 11.4 Å². The SMILES string of the molecule is CCCCC(Cc1nc[nH]n1)(C(=O)O)c1ccc(Cl)cc1. The maximum absolute atomic E-state index is 12.0.